The van der Waals surface area contributed by atoms with Crippen LogP contribution >= 0.6 is 12.4 Å². The Morgan fingerprint density at radius 2 is 1.89 bits per heavy atom. The van der Waals surface area contributed by atoms with Crippen LogP contribution in [0.25, 0.3) is 0 Å². The van der Waals surface area contributed by atoms with Gasteiger partial charge in [-0.25, -0.2) is 4.79 Å². The van der Waals surface area contributed by atoms with Crippen LogP contribution < -0.4 is 11.1 Å². The zero-order chi connectivity index (χ0) is 13.6. The molecular formula is C12H23ClN2O4. The molecule has 0 bridgehead atoms. The molecule has 0 aromatic heterocycles. The maximum absolute atomic E-state index is 11.9. The van der Waals surface area contributed by atoms with E-state index in [0.717, 1.165) is 12.8 Å². The minimum atomic E-state index is -0.848. The van der Waals surface area contributed by atoms with E-state index in [1.807, 2.05) is 0 Å². The van der Waals surface area contributed by atoms with Crippen LogP contribution in [0.1, 0.15) is 32.1 Å². The molecule has 112 valence electrons. The number of carbonyl (C=O) groups is 2. The maximum atomic E-state index is 11.9. The Labute approximate surface area is 119 Å². The number of esters is 1. The second-order valence-electron chi connectivity index (χ2n) is 4.63. The fraction of sp³-hybridized carbons (Fsp3) is 0.833. The first-order valence-electron chi connectivity index (χ1n) is 6.20. The molecule has 0 heterocycles. The number of rotatable bonds is 6. The number of carbonyl (C=O) groups excluding carboxylic acids is 2. The van der Waals surface area contributed by atoms with Gasteiger partial charge >= 0.3 is 5.97 Å². The molecule has 0 spiro atoms. The molecule has 1 fully saturated rings. The molecule has 0 aromatic rings. The van der Waals surface area contributed by atoms with Gasteiger partial charge in [-0.15, -0.1) is 12.4 Å². The number of hydrogen-bond acceptors (Lipinski definition) is 5. The van der Waals surface area contributed by atoms with E-state index < -0.39 is 5.54 Å². The van der Waals surface area contributed by atoms with Gasteiger partial charge in [0.1, 0.15) is 5.54 Å². The first kappa shape index (κ1) is 18.1. The predicted octanol–water partition coefficient (Wildman–Crippen LogP) is 0.374. The molecule has 1 amide bonds. The van der Waals surface area contributed by atoms with Crippen molar-refractivity contribution in [2.45, 2.75) is 43.7 Å². The van der Waals surface area contributed by atoms with Crippen molar-refractivity contribution < 1.29 is 19.1 Å². The Morgan fingerprint density at radius 1 is 1.32 bits per heavy atom. The van der Waals surface area contributed by atoms with E-state index in [0.29, 0.717) is 12.8 Å². The summed E-state index contributed by atoms with van der Waals surface area (Å²) in [6.45, 7) is 0.273. The van der Waals surface area contributed by atoms with Gasteiger partial charge in [0.05, 0.1) is 19.6 Å². The van der Waals surface area contributed by atoms with Crippen LogP contribution in [0.2, 0.25) is 0 Å². The minimum absolute atomic E-state index is 0. The highest BCUT2D eigenvalue weighted by atomic mass is 35.5. The second kappa shape index (κ2) is 8.35. The highest BCUT2D eigenvalue weighted by molar-refractivity contribution is 5.88. The quantitative estimate of drug-likeness (QED) is 0.691. The summed E-state index contributed by atoms with van der Waals surface area (Å²) in [5.41, 5.74) is 4.61. The normalized spacial score (nSPS) is 18.3. The molecule has 0 radical (unpaired) electrons. The molecule has 7 heteroatoms. The third kappa shape index (κ3) is 4.63. The number of halogens is 1. The topological polar surface area (TPSA) is 90.7 Å². The third-order valence-electron chi connectivity index (χ3n) is 3.42. The van der Waals surface area contributed by atoms with Crippen molar-refractivity contribution in [3.8, 4) is 0 Å². The number of hydrogen-bond donors (Lipinski definition) is 2. The van der Waals surface area contributed by atoms with Crippen molar-refractivity contribution >= 4 is 24.3 Å². The van der Waals surface area contributed by atoms with Gasteiger partial charge in [-0.2, -0.15) is 0 Å². The van der Waals surface area contributed by atoms with Gasteiger partial charge in [0.15, 0.2) is 0 Å². The van der Waals surface area contributed by atoms with E-state index in [9.17, 15) is 9.59 Å². The van der Waals surface area contributed by atoms with E-state index in [4.69, 9.17) is 15.2 Å². The Bertz CT molecular complexity index is 302. The van der Waals surface area contributed by atoms with E-state index >= 15 is 0 Å². The lowest BCUT2D eigenvalue weighted by molar-refractivity contribution is -0.151. The van der Waals surface area contributed by atoms with Crippen molar-refractivity contribution in [3.05, 3.63) is 0 Å². The Balaban J connectivity index is 0.00000324. The first-order chi connectivity index (χ1) is 8.57. The lowest BCUT2D eigenvalue weighted by atomic mass is 9.97. The number of methoxy groups -OCH3 is 2. The molecule has 1 atom stereocenters. The Morgan fingerprint density at radius 3 is 2.32 bits per heavy atom. The average Bonchev–Trinajstić information content (AvgIpc) is 2.84. The lowest BCUT2D eigenvalue weighted by Crippen LogP contribution is -2.53. The Kier molecular flexibility index (Phi) is 7.97. The number of ether oxygens (including phenoxy) is 2. The van der Waals surface area contributed by atoms with Crippen LogP contribution in [-0.4, -0.2) is 44.3 Å². The molecule has 0 saturated heterocycles. The van der Waals surface area contributed by atoms with Gasteiger partial charge in [-0.05, 0) is 12.8 Å². The predicted molar refractivity (Wildman–Crippen MR) is 73.1 cm³/mol. The molecule has 0 aliphatic heterocycles. The number of nitrogens with two attached hydrogens (primary N) is 1. The van der Waals surface area contributed by atoms with E-state index in [2.05, 4.69) is 5.32 Å². The molecule has 1 saturated carbocycles. The zero-order valence-electron chi connectivity index (χ0n) is 11.4. The van der Waals surface area contributed by atoms with Crippen molar-refractivity contribution in [1.82, 2.24) is 5.32 Å². The van der Waals surface area contributed by atoms with Gasteiger partial charge in [-0.3, -0.25) is 4.79 Å². The summed E-state index contributed by atoms with van der Waals surface area (Å²) >= 11 is 0. The molecule has 0 aromatic carbocycles. The summed E-state index contributed by atoms with van der Waals surface area (Å²) in [4.78, 5) is 23.7. The molecule has 1 unspecified atom stereocenters. The molecule has 19 heavy (non-hydrogen) atoms. The van der Waals surface area contributed by atoms with Crippen LogP contribution in [-0.2, 0) is 19.1 Å². The summed E-state index contributed by atoms with van der Waals surface area (Å²) in [5.74, 6) is -0.588. The van der Waals surface area contributed by atoms with Crippen LogP contribution in [0.15, 0.2) is 0 Å². The number of amides is 1. The van der Waals surface area contributed by atoms with Gasteiger partial charge in [0.25, 0.3) is 0 Å². The van der Waals surface area contributed by atoms with Gasteiger partial charge < -0.3 is 20.5 Å². The summed E-state index contributed by atoms with van der Waals surface area (Å²) in [6, 6.07) is 0. The van der Waals surface area contributed by atoms with Crippen molar-refractivity contribution in [2.75, 3.05) is 20.8 Å². The van der Waals surface area contributed by atoms with Gasteiger partial charge in [-0.1, -0.05) is 12.8 Å². The average molecular weight is 295 g/mol. The van der Waals surface area contributed by atoms with Crippen molar-refractivity contribution in [1.29, 1.82) is 0 Å². The standard InChI is InChI=1S/C12H22N2O4.ClH/c1-17-9(8-13)7-10(15)14-12(11(16)18-2)5-3-4-6-12;/h9H,3-8,13H2,1-2H3,(H,14,15);1H. The first-order valence-corrected chi connectivity index (χ1v) is 6.20. The summed E-state index contributed by atoms with van der Waals surface area (Å²) in [5, 5.41) is 2.79. The van der Waals surface area contributed by atoms with Gasteiger partial charge in [0, 0.05) is 13.7 Å². The third-order valence-corrected chi connectivity index (χ3v) is 3.42. The maximum Gasteiger partial charge on any atom is 0.331 e. The fourth-order valence-corrected chi connectivity index (χ4v) is 2.34. The SMILES string of the molecule is COC(=O)C1(NC(=O)CC(CN)OC)CCCC1.Cl. The summed E-state index contributed by atoms with van der Waals surface area (Å²) in [6.07, 6.45) is 2.93. The molecule has 1 aliphatic rings. The van der Waals surface area contributed by atoms with E-state index in [1.54, 1.807) is 0 Å². The molecule has 1 aliphatic carbocycles. The van der Waals surface area contributed by atoms with Crippen LogP contribution in [0.4, 0.5) is 0 Å². The highest BCUT2D eigenvalue weighted by Gasteiger charge is 2.43. The van der Waals surface area contributed by atoms with Crippen LogP contribution in [0.5, 0.6) is 0 Å². The highest BCUT2D eigenvalue weighted by Crippen LogP contribution is 2.30. The lowest BCUT2D eigenvalue weighted by Gasteiger charge is -2.27. The van der Waals surface area contributed by atoms with Crippen LogP contribution in [0, 0.1) is 0 Å². The van der Waals surface area contributed by atoms with Crippen molar-refractivity contribution in [2.24, 2.45) is 5.73 Å². The van der Waals surface area contributed by atoms with Crippen molar-refractivity contribution in [3.63, 3.8) is 0 Å². The molecule has 6 nitrogen and oxygen atoms in total. The second-order valence-corrected chi connectivity index (χ2v) is 4.63. The largest absolute Gasteiger partial charge is 0.467 e. The summed E-state index contributed by atoms with van der Waals surface area (Å²) < 4.78 is 9.84. The minimum Gasteiger partial charge on any atom is -0.467 e. The zero-order valence-corrected chi connectivity index (χ0v) is 12.3. The smallest absolute Gasteiger partial charge is 0.331 e. The number of nitrogens with one attached hydrogen (secondary N) is 1. The van der Waals surface area contributed by atoms with E-state index in [-0.39, 0.29) is 43.4 Å². The fourth-order valence-electron chi connectivity index (χ4n) is 2.34. The van der Waals surface area contributed by atoms with Crippen LogP contribution in [0.3, 0.4) is 0 Å². The molecular weight excluding hydrogens is 272 g/mol. The molecule has 3 N–H and O–H groups in total. The van der Waals surface area contributed by atoms with E-state index in [1.165, 1.54) is 14.2 Å². The Hall–Kier alpha value is -0.850. The molecule has 1 rings (SSSR count). The summed E-state index contributed by atoms with van der Waals surface area (Å²) in [7, 11) is 2.85. The van der Waals surface area contributed by atoms with Gasteiger partial charge in [0.2, 0.25) is 5.91 Å². The monoisotopic (exact) mass is 294 g/mol.